The number of aromatic nitrogens is 1. The van der Waals surface area contributed by atoms with Crippen molar-refractivity contribution in [2.24, 2.45) is 0 Å². The fourth-order valence-corrected chi connectivity index (χ4v) is 11.7. The number of benzene rings is 5. The van der Waals surface area contributed by atoms with Gasteiger partial charge in [-0.15, -0.1) is 0 Å². The molecule has 34 heavy (non-hydrogen) atoms. The van der Waals surface area contributed by atoms with Gasteiger partial charge in [-0.3, -0.25) is 0 Å². The largest absolute Gasteiger partial charge is 0.298 e. The molecule has 0 N–H and O–H groups in total. The maximum Gasteiger partial charge on any atom is 0.298 e. The molecular formula is C32H22NP+2. The fourth-order valence-electron chi connectivity index (χ4n) is 6.56. The van der Waals surface area contributed by atoms with Crippen molar-refractivity contribution in [3.8, 4) is 11.3 Å². The minimum Gasteiger partial charge on any atom is -0.156 e. The van der Waals surface area contributed by atoms with Gasteiger partial charge in [0.1, 0.15) is 15.9 Å². The Morgan fingerprint density at radius 2 is 1.24 bits per heavy atom. The summed E-state index contributed by atoms with van der Waals surface area (Å²) < 4.78 is 2.61. The number of pyridine rings is 1. The Balaban J connectivity index is 1.62. The Labute approximate surface area is 199 Å². The van der Waals surface area contributed by atoms with E-state index >= 15 is 0 Å². The molecule has 6 aromatic rings. The van der Waals surface area contributed by atoms with E-state index in [-0.39, 0.29) is 5.78 Å². The molecule has 1 unspecified atom stereocenters. The predicted molar refractivity (Wildman–Crippen MR) is 144 cm³/mol. The molecule has 2 aliphatic rings. The summed E-state index contributed by atoms with van der Waals surface area (Å²) in [4.78, 5) is 0. The van der Waals surface area contributed by atoms with Gasteiger partial charge in [-0.1, -0.05) is 72.8 Å². The molecule has 2 heteroatoms. The van der Waals surface area contributed by atoms with Crippen molar-refractivity contribution in [3.63, 3.8) is 0 Å². The number of fused-ring (bicyclic) bond motifs is 5. The highest BCUT2D eigenvalue weighted by molar-refractivity contribution is 7.96. The Morgan fingerprint density at radius 3 is 2.00 bits per heavy atom. The zero-order valence-electron chi connectivity index (χ0n) is 18.6. The van der Waals surface area contributed by atoms with Crippen LogP contribution in [-0.2, 0) is 0 Å². The SMILES string of the molecule is c1ccc([P+]2(c3ccccc3)c3cccc4ccc5c(c34)C2[n+]2ccc3ccccc3c2-5)cc1. The van der Waals surface area contributed by atoms with Crippen molar-refractivity contribution >= 4 is 44.7 Å². The van der Waals surface area contributed by atoms with Gasteiger partial charge < -0.3 is 0 Å². The third kappa shape index (κ3) is 2.12. The summed E-state index contributed by atoms with van der Waals surface area (Å²) >= 11 is 0. The molecule has 8 rings (SSSR count). The zero-order valence-corrected chi connectivity index (χ0v) is 19.5. The van der Waals surface area contributed by atoms with Gasteiger partial charge in [-0.25, -0.2) is 0 Å². The van der Waals surface area contributed by atoms with Crippen LogP contribution in [0.1, 0.15) is 11.3 Å². The Kier molecular flexibility index (Phi) is 3.63. The molecule has 1 atom stereocenters. The topological polar surface area (TPSA) is 3.88 Å². The molecule has 0 aliphatic carbocycles. The third-order valence-electron chi connectivity index (χ3n) is 7.80. The lowest BCUT2D eigenvalue weighted by molar-refractivity contribution is -0.675. The van der Waals surface area contributed by atoms with Crippen LogP contribution < -0.4 is 20.5 Å². The lowest BCUT2D eigenvalue weighted by Crippen LogP contribution is -2.45. The minimum absolute atomic E-state index is 0.271. The summed E-state index contributed by atoms with van der Waals surface area (Å²) in [6.07, 6.45) is 2.35. The molecule has 0 spiro atoms. The van der Waals surface area contributed by atoms with Crippen LogP contribution in [0.3, 0.4) is 0 Å². The first-order valence-corrected chi connectivity index (χ1v) is 13.7. The summed E-state index contributed by atoms with van der Waals surface area (Å²) in [6.45, 7) is 0. The van der Waals surface area contributed by atoms with Crippen molar-refractivity contribution in [2.75, 3.05) is 0 Å². The second-order valence-corrected chi connectivity index (χ2v) is 12.8. The van der Waals surface area contributed by atoms with E-state index in [2.05, 4.69) is 132 Å². The molecule has 0 radical (unpaired) electrons. The first-order chi connectivity index (χ1) is 16.9. The van der Waals surface area contributed by atoms with Crippen molar-refractivity contribution in [1.29, 1.82) is 0 Å². The van der Waals surface area contributed by atoms with Gasteiger partial charge in [-0.05, 0) is 53.2 Å². The highest BCUT2D eigenvalue weighted by Gasteiger charge is 2.67. The minimum atomic E-state index is -2.01. The molecule has 5 aromatic carbocycles. The Hall–Kier alpha value is -3.80. The predicted octanol–water partition coefficient (Wildman–Crippen LogP) is 6.12. The average molecular weight is 452 g/mol. The Bertz CT molecular complexity index is 1720. The lowest BCUT2D eigenvalue weighted by Gasteiger charge is -2.26. The van der Waals surface area contributed by atoms with Crippen LogP contribution in [0.4, 0.5) is 0 Å². The summed E-state index contributed by atoms with van der Waals surface area (Å²) in [5.74, 6) is 0.271. The molecule has 1 aromatic heterocycles. The number of rotatable bonds is 2. The molecule has 2 aliphatic heterocycles. The van der Waals surface area contributed by atoms with E-state index in [4.69, 9.17) is 0 Å². The summed E-state index contributed by atoms with van der Waals surface area (Å²) in [5.41, 5.74) is 4.28. The van der Waals surface area contributed by atoms with Crippen LogP contribution >= 0.6 is 7.26 Å². The highest BCUT2D eigenvalue weighted by Crippen LogP contribution is 2.73. The quantitative estimate of drug-likeness (QED) is 0.221. The molecule has 1 nitrogen and oxygen atoms in total. The van der Waals surface area contributed by atoms with Crippen LogP contribution in [0.15, 0.2) is 128 Å². The van der Waals surface area contributed by atoms with Crippen molar-refractivity contribution in [3.05, 3.63) is 133 Å². The van der Waals surface area contributed by atoms with Gasteiger partial charge in [-0.2, -0.15) is 4.57 Å². The van der Waals surface area contributed by atoms with Crippen LogP contribution in [0, 0.1) is 0 Å². The maximum absolute atomic E-state index is 2.61. The number of hydrogen-bond donors (Lipinski definition) is 0. The first-order valence-electron chi connectivity index (χ1n) is 11.9. The monoisotopic (exact) mass is 451 g/mol. The second-order valence-electron chi connectivity index (χ2n) is 9.33. The molecule has 0 fully saturated rings. The first kappa shape index (κ1) is 18.6. The summed E-state index contributed by atoms with van der Waals surface area (Å²) in [5, 5.41) is 9.90. The zero-order chi connectivity index (χ0) is 22.3. The molecule has 0 bridgehead atoms. The van der Waals surface area contributed by atoms with E-state index in [0.717, 1.165) is 0 Å². The average Bonchev–Trinajstić information content (AvgIpc) is 3.42. The highest BCUT2D eigenvalue weighted by atomic mass is 31.2. The van der Waals surface area contributed by atoms with E-state index < -0.39 is 7.26 Å². The third-order valence-corrected chi connectivity index (χ3v) is 12.4. The smallest absolute Gasteiger partial charge is 0.156 e. The maximum atomic E-state index is 2.61. The van der Waals surface area contributed by atoms with Crippen molar-refractivity contribution < 1.29 is 4.57 Å². The number of hydrogen-bond acceptors (Lipinski definition) is 0. The standard InChI is InChI=1S/C32H22NP/c1-3-12-24(13-4-1)34(25-14-5-2-6-15-25)28-17-9-11-23-18-19-27-30(29(23)28)32(34)33-21-20-22-10-7-8-16-26(22)31(27)33/h1-21,32H/q+2. The van der Waals surface area contributed by atoms with Crippen molar-refractivity contribution in [2.45, 2.75) is 5.78 Å². The van der Waals surface area contributed by atoms with Gasteiger partial charge in [0.15, 0.2) is 13.5 Å². The van der Waals surface area contributed by atoms with Crippen LogP contribution in [0.2, 0.25) is 0 Å². The van der Waals surface area contributed by atoms with Crippen LogP contribution in [0.25, 0.3) is 32.8 Å². The van der Waals surface area contributed by atoms with E-state index in [9.17, 15) is 0 Å². The van der Waals surface area contributed by atoms with E-state index in [0.29, 0.717) is 0 Å². The summed E-state index contributed by atoms with van der Waals surface area (Å²) in [7, 11) is -2.01. The van der Waals surface area contributed by atoms with Gasteiger partial charge >= 0.3 is 0 Å². The van der Waals surface area contributed by atoms with E-state index in [1.165, 1.54) is 54.3 Å². The van der Waals surface area contributed by atoms with Gasteiger partial charge in [0.05, 0.1) is 16.5 Å². The van der Waals surface area contributed by atoms with Gasteiger partial charge in [0.25, 0.3) is 5.78 Å². The normalized spacial score (nSPS) is 16.8. The summed E-state index contributed by atoms with van der Waals surface area (Å²) in [6, 6.07) is 45.4. The fraction of sp³-hybridized carbons (Fsp3) is 0.0312. The molecule has 0 saturated carbocycles. The van der Waals surface area contributed by atoms with Gasteiger partial charge in [0.2, 0.25) is 5.69 Å². The molecule has 0 saturated heterocycles. The number of nitrogens with zero attached hydrogens (tertiary/aromatic N) is 1. The van der Waals surface area contributed by atoms with Crippen LogP contribution in [0.5, 0.6) is 0 Å². The van der Waals surface area contributed by atoms with E-state index in [1.54, 1.807) is 0 Å². The van der Waals surface area contributed by atoms with Gasteiger partial charge in [0, 0.05) is 11.5 Å². The van der Waals surface area contributed by atoms with Crippen LogP contribution in [-0.4, -0.2) is 0 Å². The molecule has 0 amide bonds. The Morgan fingerprint density at radius 1 is 0.559 bits per heavy atom. The van der Waals surface area contributed by atoms with E-state index in [1.807, 2.05) is 0 Å². The molecule has 3 heterocycles. The molecular weight excluding hydrogens is 429 g/mol. The molecule has 158 valence electrons. The second kappa shape index (κ2) is 6.63. The lowest BCUT2D eigenvalue weighted by atomic mass is 9.97. The van der Waals surface area contributed by atoms with Crippen molar-refractivity contribution in [1.82, 2.24) is 0 Å².